The molecule has 3 heteroatoms. The van der Waals surface area contributed by atoms with Gasteiger partial charge in [0.1, 0.15) is 0 Å². The van der Waals surface area contributed by atoms with Gasteiger partial charge in [0.2, 0.25) is 0 Å². The number of hydrogen-bond acceptors (Lipinski definition) is 0. The zero-order chi connectivity index (χ0) is 15.9. The molecule has 0 heterocycles. The molecule has 2 aromatic carbocycles. The maximum absolute atomic E-state index is 6.25. The van der Waals surface area contributed by atoms with E-state index >= 15 is 0 Å². The van der Waals surface area contributed by atoms with Gasteiger partial charge in [0.25, 0.3) is 0 Å². The molecule has 0 aliphatic carbocycles. The van der Waals surface area contributed by atoms with Crippen molar-refractivity contribution in [2.45, 2.75) is 39.4 Å². The minimum atomic E-state index is 0.154. The van der Waals surface area contributed by atoms with Gasteiger partial charge in [-0.05, 0) is 102 Å². The molecule has 0 fully saturated rings. The van der Waals surface area contributed by atoms with Gasteiger partial charge in [-0.1, -0.05) is 33.6 Å². The first-order chi connectivity index (χ1) is 9.75. The summed E-state index contributed by atoms with van der Waals surface area (Å²) in [5.74, 6) is 0. The van der Waals surface area contributed by atoms with Crippen LogP contribution in [-0.2, 0) is 0 Å². The molecule has 0 amide bonds. The minimum absolute atomic E-state index is 0.154. The summed E-state index contributed by atoms with van der Waals surface area (Å²) < 4.78 is 0.928. The van der Waals surface area contributed by atoms with Crippen LogP contribution in [0.15, 0.2) is 22.7 Å². The van der Waals surface area contributed by atoms with E-state index in [1.54, 1.807) is 0 Å². The van der Waals surface area contributed by atoms with Crippen molar-refractivity contribution in [3.05, 3.63) is 66.6 Å². The first kappa shape index (κ1) is 17.1. The Morgan fingerprint density at radius 1 is 0.857 bits per heavy atom. The van der Waals surface area contributed by atoms with E-state index in [4.69, 9.17) is 11.6 Å². The van der Waals surface area contributed by atoms with E-state index in [-0.39, 0.29) is 4.83 Å². The van der Waals surface area contributed by atoms with Crippen molar-refractivity contribution in [1.29, 1.82) is 0 Å². The lowest BCUT2D eigenvalue weighted by Gasteiger charge is -2.23. The Bertz CT molecular complexity index is 676. The zero-order valence-corrected chi connectivity index (χ0v) is 16.9. The largest absolute Gasteiger partial charge is 0.0831 e. The standard InChI is InChI=1S/C18H19Br2Cl/c1-9-10(2)12(4)17(13(5)11(9)3)18(20)14-6-7-15(19)16(21)8-14/h6-8,18H,1-5H3. The quantitative estimate of drug-likeness (QED) is 0.445. The van der Waals surface area contributed by atoms with Crippen molar-refractivity contribution in [3.63, 3.8) is 0 Å². The van der Waals surface area contributed by atoms with E-state index in [1.807, 2.05) is 12.1 Å². The van der Waals surface area contributed by atoms with Crippen LogP contribution in [0, 0.1) is 34.6 Å². The molecule has 1 atom stereocenters. The predicted octanol–water partition coefficient (Wildman–Crippen LogP) is 7.13. The highest BCUT2D eigenvalue weighted by Gasteiger charge is 2.20. The minimum Gasteiger partial charge on any atom is -0.0831 e. The van der Waals surface area contributed by atoms with Gasteiger partial charge in [0.15, 0.2) is 0 Å². The number of alkyl halides is 1. The highest BCUT2D eigenvalue weighted by Crippen LogP contribution is 2.40. The van der Waals surface area contributed by atoms with Gasteiger partial charge in [0.05, 0.1) is 9.85 Å². The lowest BCUT2D eigenvalue weighted by atomic mass is 9.87. The lowest BCUT2D eigenvalue weighted by molar-refractivity contribution is 1.06. The Kier molecular flexibility index (Phi) is 5.23. The summed E-state index contributed by atoms with van der Waals surface area (Å²) in [7, 11) is 0. The second kappa shape index (κ2) is 6.44. The Labute approximate surface area is 149 Å². The van der Waals surface area contributed by atoms with Gasteiger partial charge < -0.3 is 0 Å². The molecule has 0 saturated heterocycles. The molecule has 112 valence electrons. The molecular weight excluding hydrogens is 411 g/mol. The molecular formula is C18H19Br2Cl. The molecule has 0 N–H and O–H groups in total. The molecule has 21 heavy (non-hydrogen) atoms. The van der Waals surface area contributed by atoms with Crippen molar-refractivity contribution >= 4 is 43.5 Å². The highest BCUT2D eigenvalue weighted by atomic mass is 79.9. The van der Waals surface area contributed by atoms with Crippen molar-refractivity contribution in [2.75, 3.05) is 0 Å². The van der Waals surface area contributed by atoms with Gasteiger partial charge in [-0.15, -0.1) is 0 Å². The number of rotatable bonds is 2. The summed E-state index contributed by atoms with van der Waals surface area (Å²) in [6, 6.07) is 6.14. The summed E-state index contributed by atoms with van der Waals surface area (Å²) in [5.41, 5.74) is 9.39. The molecule has 0 spiro atoms. The molecule has 2 aromatic rings. The first-order valence-electron chi connectivity index (χ1n) is 6.91. The first-order valence-corrected chi connectivity index (χ1v) is 9.00. The fourth-order valence-corrected chi connectivity index (χ4v) is 4.15. The van der Waals surface area contributed by atoms with Crippen LogP contribution in [-0.4, -0.2) is 0 Å². The average molecular weight is 431 g/mol. The molecule has 0 bridgehead atoms. The van der Waals surface area contributed by atoms with E-state index in [1.165, 1.54) is 38.9 Å². The van der Waals surface area contributed by atoms with Crippen LogP contribution in [0.3, 0.4) is 0 Å². The summed E-state index contributed by atoms with van der Waals surface area (Å²) in [5, 5.41) is 0.743. The fourth-order valence-electron chi connectivity index (χ4n) is 2.75. The van der Waals surface area contributed by atoms with E-state index in [9.17, 15) is 0 Å². The number of benzene rings is 2. The maximum Gasteiger partial charge on any atom is 0.0650 e. The summed E-state index contributed by atoms with van der Waals surface area (Å²) in [6.07, 6.45) is 0. The van der Waals surface area contributed by atoms with Gasteiger partial charge >= 0.3 is 0 Å². The van der Waals surface area contributed by atoms with E-state index in [0.29, 0.717) is 0 Å². The second-order valence-corrected chi connectivity index (χ2v) is 7.75. The van der Waals surface area contributed by atoms with Crippen LogP contribution < -0.4 is 0 Å². The van der Waals surface area contributed by atoms with Crippen molar-refractivity contribution in [1.82, 2.24) is 0 Å². The van der Waals surface area contributed by atoms with Gasteiger partial charge in [-0.2, -0.15) is 0 Å². The molecule has 1 unspecified atom stereocenters. The van der Waals surface area contributed by atoms with Crippen LogP contribution in [0.2, 0.25) is 5.02 Å². The summed E-state index contributed by atoms with van der Waals surface area (Å²) in [6.45, 7) is 11.0. The van der Waals surface area contributed by atoms with Crippen LogP contribution >= 0.6 is 43.5 Å². The molecule has 0 nitrogen and oxygen atoms in total. The van der Waals surface area contributed by atoms with Crippen molar-refractivity contribution in [3.8, 4) is 0 Å². The van der Waals surface area contributed by atoms with Crippen LogP contribution in [0.25, 0.3) is 0 Å². The van der Waals surface area contributed by atoms with Crippen molar-refractivity contribution < 1.29 is 0 Å². The predicted molar refractivity (Wildman–Crippen MR) is 100 cm³/mol. The monoisotopic (exact) mass is 428 g/mol. The average Bonchev–Trinajstić information content (AvgIpc) is 2.46. The molecule has 0 aromatic heterocycles. The van der Waals surface area contributed by atoms with E-state index in [2.05, 4.69) is 72.5 Å². The molecule has 0 radical (unpaired) electrons. The highest BCUT2D eigenvalue weighted by molar-refractivity contribution is 9.10. The Morgan fingerprint density at radius 2 is 1.33 bits per heavy atom. The van der Waals surface area contributed by atoms with Crippen molar-refractivity contribution in [2.24, 2.45) is 0 Å². The van der Waals surface area contributed by atoms with E-state index in [0.717, 1.165) is 9.50 Å². The lowest BCUT2D eigenvalue weighted by Crippen LogP contribution is -2.05. The number of halogens is 3. The Balaban J connectivity index is 2.63. The van der Waals surface area contributed by atoms with Crippen LogP contribution in [0.4, 0.5) is 0 Å². The molecule has 0 saturated carbocycles. The fraction of sp³-hybridized carbons (Fsp3) is 0.333. The zero-order valence-electron chi connectivity index (χ0n) is 12.9. The van der Waals surface area contributed by atoms with Gasteiger partial charge in [0, 0.05) is 4.47 Å². The molecule has 0 aliphatic heterocycles. The van der Waals surface area contributed by atoms with Gasteiger partial charge in [-0.3, -0.25) is 0 Å². The summed E-state index contributed by atoms with van der Waals surface area (Å²) in [4.78, 5) is 0.154. The van der Waals surface area contributed by atoms with Gasteiger partial charge in [-0.25, -0.2) is 0 Å². The third kappa shape index (κ3) is 3.09. The van der Waals surface area contributed by atoms with Crippen LogP contribution in [0.5, 0.6) is 0 Å². The third-order valence-corrected chi connectivity index (χ3v) is 6.77. The Hall–Kier alpha value is -0.310. The third-order valence-electron chi connectivity index (χ3n) is 4.55. The molecule has 2 rings (SSSR count). The maximum atomic E-state index is 6.25. The van der Waals surface area contributed by atoms with E-state index < -0.39 is 0 Å². The molecule has 0 aliphatic rings. The number of hydrogen-bond donors (Lipinski definition) is 0. The Morgan fingerprint density at radius 3 is 1.81 bits per heavy atom. The topological polar surface area (TPSA) is 0 Å². The normalized spacial score (nSPS) is 12.6. The SMILES string of the molecule is Cc1c(C)c(C)c(C(Br)c2ccc(Br)c(Cl)c2)c(C)c1C. The smallest absolute Gasteiger partial charge is 0.0650 e. The van der Waals surface area contributed by atoms with Crippen LogP contribution in [0.1, 0.15) is 43.8 Å². The second-order valence-electron chi connectivity index (χ2n) is 5.57. The summed E-state index contributed by atoms with van der Waals surface area (Å²) >= 11 is 13.6.